The summed E-state index contributed by atoms with van der Waals surface area (Å²) in [5.74, 6) is -2.34. The van der Waals surface area contributed by atoms with Crippen LogP contribution in [-0.4, -0.2) is 42.7 Å². The molecule has 7 heteroatoms. The molecule has 0 saturated carbocycles. The first-order chi connectivity index (χ1) is 11.5. The SMILES string of the molecule is CCOC(=O)/C=C/C[C@H](NC(=O)[C@H](OC)c1ccccc1)C(=O)O. The lowest BCUT2D eigenvalue weighted by atomic mass is 10.1. The van der Waals surface area contributed by atoms with Crippen LogP contribution in [0.5, 0.6) is 0 Å². The number of hydrogen-bond donors (Lipinski definition) is 2. The Balaban J connectivity index is 2.71. The number of methoxy groups -OCH3 is 1. The molecule has 1 amide bonds. The number of aliphatic carboxylic acids is 1. The number of carbonyl (C=O) groups is 3. The molecule has 0 bridgehead atoms. The molecular weight excluding hydrogens is 314 g/mol. The first-order valence-corrected chi connectivity index (χ1v) is 7.43. The van der Waals surface area contributed by atoms with E-state index in [0.717, 1.165) is 6.08 Å². The third kappa shape index (κ3) is 6.21. The van der Waals surface area contributed by atoms with Crippen molar-refractivity contribution in [2.24, 2.45) is 0 Å². The summed E-state index contributed by atoms with van der Waals surface area (Å²) in [4.78, 5) is 34.7. The fourth-order valence-electron chi connectivity index (χ4n) is 1.98. The predicted molar refractivity (Wildman–Crippen MR) is 86.1 cm³/mol. The lowest BCUT2D eigenvalue weighted by Gasteiger charge is -2.19. The van der Waals surface area contributed by atoms with Gasteiger partial charge in [-0.15, -0.1) is 0 Å². The average Bonchev–Trinajstić information content (AvgIpc) is 2.55. The molecular formula is C17H21NO6. The molecule has 0 unspecified atom stereocenters. The first kappa shape index (κ1) is 19.4. The molecule has 7 nitrogen and oxygen atoms in total. The highest BCUT2D eigenvalue weighted by molar-refractivity contribution is 5.87. The molecule has 130 valence electrons. The summed E-state index contributed by atoms with van der Waals surface area (Å²) in [6.45, 7) is 1.90. The number of hydrogen-bond acceptors (Lipinski definition) is 5. The van der Waals surface area contributed by atoms with Crippen LogP contribution >= 0.6 is 0 Å². The maximum atomic E-state index is 12.3. The topological polar surface area (TPSA) is 102 Å². The van der Waals surface area contributed by atoms with Gasteiger partial charge in [-0.2, -0.15) is 0 Å². The van der Waals surface area contributed by atoms with Gasteiger partial charge in [0.25, 0.3) is 5.91 Å². The lowest BCUT2D eigenvalue weighted by molar-refractivity contribution is -0.144. The number of rotatable bonds is 9. The number of carboxylic acid groups (broad SMARTS) is 1. The van der Waals surface area contributed by atoms with Crippen molar-refractivity contribution in [3.8, 4) is 0 Å². The van der Waals surface area contributed by atoms with Crippen molar-refractivity contribution < 1.29 is 29.0 Å². The van der Waals surface area contributed by atoms with Gasteiger partial charge in [0, 0.05) is 13.2 Å². The van der Waals surface area contributed by atoms with Gasteiger partial charge in [-0.25, -0.2) is 9.59 Å². The molecule has 0 aliphatic carbocycles. The number of benzene rings is 1. The smallest absolute Gasteiger partial charge is 0.330 e. The van der Waals surface area contributed by atoms with Crippen LogP contribution in [0.3, 0.4) is 0 Å². The number of esters is 1. The Morgan fingerprint density at radius 2 is 1.92 bits per heavy atom. The zero-order valence-corrected chi connectivity index (χ0v) is 13.6. The molecule has 0 saturated heterocycles. The van der Waals surface area contributed by atoms with E-state index in [2.05, 4.69) is 5.32 Å². The van der Waals surface area contributed by atoms with Gasteiger partial charge < -0.3 is 19.9 Å². The highest BCUT2D eigenvalue weighted by atomic mass is 16.5. The third-order valence-corrected chi connectivity index (χ3v) is 3.10. The van der Waals surface area contributed by atoms with E-state index >= 15 is 0 Å². The van der Waals surface area contributed by atoms with Gasteiger partial charge >= 0.3 is 11.9 Å². The van der Waals surface area contributed by atoms with Crippen molar-refractivity contribution in [2.45, 2.75) is 25.5 Å². The van der Waals surface area contributed by atoms with Gasteiger partial charge in [-0.3, -0.25) is 4.79 Å². The summed E-state index contributed by atoms with van der Waals surface area (Å²) in [5, 5.41) is 11.6. The summed E-state index contributed by atoms with van der Waals surface area (Å²) in [7, 11) is 1.37. The standard InChI is InChI=1S/C17H21NO6/c1-3-24-14(19)11-7-10-13(17(21)22)18-16(20)15(23-2)12-8-5-4-6-9-12/h4-9,11,13,15H,3,10H2,1-2H3,(H,18,20)(H,21,22)/b11-7+/t13-,15+/m0/s1. The minimum Gasteiger partial charge on any atom is -0.480 e. The monoisotopic (exact) mass is 335 g/mol. The van der Waals surface area contributed by atoms with E-state index < -0.39 is 30.0 Å². The van der Waals surface area contributed by atoms with E-state index in [1.165, 1.54) is 13.2 Å². The molecule has 0 spiro atoms. The molecule has 0 fully saturated rings. The average molecular weight is 335 g/mol. The van der Waals surface area contributed by atoms with Gasteiger partial charge in [0.15, 0.2) is 6.10 Å². The molecule has 0 aromatic heterocycles. The van der Waals surface area contributed by atoms with Crippen molar-refractivity contribution >= 4 is 17.8 Å². The van der Waals surface area contributed by atoms with Crippen LogP contribution < -0.4 is 5.32 Å². The van der Waals surface area contributed by atoms with E-state index in [4.69, 9.17) is 9.47 Å². The number of carbonyl (C=O) groups excluding carboxylic acids is 2. The van der Waals surface area contributed by atoms with Crippen molar-refractivity contribution in [2.75, 3.05) is 13.7 Å². The molecule has 0 aliphatic rings. The number of amides is 1. The molecule has 1 aromatic carbocycles. The molecule has 0 radical (unpaired) electrons. The predicted octanol–water partition coefficient (Wildman–Crippen LogP) is 1.45. The quantitative estimate of drug-likeness (QED) is 0.523. The highest BCUT2D eigenvalue weighted by Crippen LogP contribution is 2.16. The van der Waals surface area contributed by atoms with E-state index in [0.29, 0.717) is 5.56 Å². The maximum absolute atomic E-state index is 12.3. The number of ether oxygens (including phenoxy) is 2. The van der Waals surface area contributed by atoms with E-state index in [1.54, 1.807) is 37.3 Å². The summed E-state index contributed by atoms with van der Waals surface area (Å²) in [5.41, 5.74) is 0.615. The van der Waals surface area contributed by atoms with Crippen molar-refractivity contribution in [3.05, 3.63) is 48.0 Å². The van der Waals surface area contributed by atoms with Crippen LogP contribution in [0.25, 0.3) is 0 Å². The minimum atomic E-state index is -1.21. The number of carboxylic acids is 1. The summed E-state index contributed by atoms with van der Waals surface area (Å²) >= 11 is 0. The van der Waals surface area contributed by atoms with Crippen LogP contribution in [0.15, 0.2) is 42.5 Å². The van der Waals surface area contributed by atoms with Crippen LogP contribution in [0.4, 0.5) is 0 Å². The molecule has 2 N–H and O–H groups in total. The molecule has 2 atom stereocenters. The third-order valence-electron chi connectivity index (χ3n) is 3.10. The van der Waals surface area contributed by atoms with E-state index in [-0.39, 0.29) is 13.0 Å². The molecule has 1 aromatic rings. The second-order valence-electron chi connectivity index (χ2n) is 4.82. The zero-order chi connectivity index (χ0) is 17.9. The highest BCUT2D eigenvalue weighted by Gasteiger charge is 2.25. The van der Waals surface area contributed by atoms with Crippen LogP contribution in [-0.2, 0) is 23.9 Å². The lowest BCUT2D eigenvalue weighted by Crippen LogP contribution is -2.43. The Hall–Kier alpha value is -2.67. The molecule has 0 aliphatic heterocycles. The Morgan fingerprint density at radius 3 is 2.46 bits per heavy atom. The Kier molecular flexibility index (Phi) is 8.21. The largest absolute Gasteiger partial charge is 0.480 e. The van der Waals surface area contributed by atoms with Crippen molar-refractivity contribution in [3.63, 3.8) is 0 Å². The number of nitrogens with one attached hydrogen (secondary N) is 1. The van der Waals surface area contributed by atoms with Gasteiger partial charge in [0.05, 0.1) is 6.61 Å². The Labute approximate surface area is 140 Å². The summed E-state index contributed by atoms with van der Waals surface area (Å²) in [6.07, 6.45) is 1.52. The van der Waals surface area contributed by atoms with Gasteiger partial charge in [0.1, 0.15) is 6.04 Å². The summed E-state index contributed by atoms with van der Waals surface area (Å²) in [6, 6.07) is 7.56. The van der Waals surface area contributed by atoms with Crippen molar-refractivity contribution in [1.82, 2.24) is 5.32 Å². The second-order valence-corrected chi connectivity index (χ2v) is 4.82. The molecule has 1 rings (SSSR count). The van der Waals surface area contributed by atoms with E-state index in [1.807, 2.05) is 0 Å². The molecule has 0 heterocycles. The fourth-order valence-corrected chi connectivity index (χ4v) is 1.98. The van der Waals surface area contributed by atoms with Crippen molar-refractivity contribution in [1.29, 1.82) is 0 Å². The van der Waals surface area contributed by atoms with Crippen LogP contribution in [0.2, 0.25) is 0 Å². The van der Waals surface area contributed by atoms with Gasteiger partial charge in [-0.1, -0.05) is 36.4 Å². The maximum Gasteiger partial charge on any atom is 0.330 e. The minimum absolute atomic E-state index is 0.0505. The van der Waals surface area contributed by atoms with Gasteiger partial charge in [-0.05, 0) is 18.9 Å². The second kappa shape index (κ2) is 10.2. The summed E-state index contributed by atoms with van der Waals surface area (Å²) < 4.78 is 9.85. The Morgan fingerprint density at radius 1 is 1.25 bits per heavy atom. The first-order valence-electron chi connectivity index (χ1n) is 7.43. The fraction of sp³-hybridized carbons (Fsp3) is 0.353. The zero-order valence-electron chi connectivity index (χ0n) is 13.6. The Bertz CT molecular complexity index is 584. The van der Waals surface area contributed by atoms with Crippen LogP contribution in [0, 0.1) is 0 Å². The molecule has 24 heavy (non-hydrogen) atoms. The van der Waals surface area contributed by atoms with Gasteiger partial charge in [0.2, 0.25) is 0 Å². The van der Waals surface area contributed by atoms with Crippen LogP contribution in [0.1, 0.15) is 25.0 Å². The van der Waals surface area contributed by atoms with E-state index in [9.17, 15) is 19.5 Å². The normalized spacial score (nSPS) is 13.2.